The first kappa shape index (κ1) is 20.0. The minimum absolute atomic E-state index is 0.138. The lowest BCUT2D eigenvalue weighted by molar-refractivity contribution is -0.122. The summed E-state index contributed by atoms with van der Waals surface area (Å²) < 4.78 is 5.19. The van der Waals surface area contributed by atoms with Crippen molar-refractivity contribution in [1.29, 1.82) is 5.26 Å². The Bertz CT molecular complexity index is 1230. The molecular weight excluding hydrogens is 396 g/mol. The van der Waals surface area contributed by atoms with E-state index >= 15 is 0 Å². The Morgan fingerprint density at radius 3 is 2.65 bits per heavy atom. The Balaban J connectivity index is 1.69. The normalized spacial score (nSPS) is 19.1. The summed E-state index contributed by atoms with van der Waals surface area (Å²) in [6.07, 6.45) is 0. The number of aryl methyl sites for hydroxylation is 1. The van der Waals surface area contributed by atoms with E-state index in [4.69, 9.17) is 4.74 Å². The molecule has 0 spiro atoms. The first-order valence-corrected chi connectivity index (χ1v) is 9.49. The number of hydrogen-bond donors (Lipinski definition) is 2. The molecule has 8 heteroatoms. The molecular formula is C23H18N4O4. The van der Waals surface area contributed by atoms with Gasteiger partial charge < -0.3 is 15.0 Å². The number of amides is 4. The van der Waals surface area contributed by atoms with Crippen molar-refractivity contribution < 1.29 is 19.1 Å². The van der Waals surface area contributed by atoms with Crippen LogP contribution >= 0.6 is 0 Å². The number of hydrogen-bond acceptors (Lipinski definition) is 5. The van der Waals surface area contributed by atoms with Crippen molar-refractivity contribution in [1.82, 2.24) is 15.5 Å². The number of nitriles is 1. The number of carbonyl (C=O) groups excluding carboxylic acids is 3. The van der Waals surface area contributed by atoms with E-state index in [-0.39, 0.29) is 19.0 Å². The van der Waals surface area contributed by atoms with E-state index in [1.165, 1.54) is 12.0 Å². The molecule has 0 saturated carbocycles. The number of fused-ring (bicyclic) bond motifs is 1. The van der Waals surface area contributed by atoms with Gasteiger partial charge in [0.1, 0.15) is 11.8 Å². The van der Waals surface area contributed by atoms with Gasteiger partial charge in [-0.2, -0.15) is 5.26 Å². The van der Waals surface area contributed by atoms with Crippen LogP contribution in [0.3, 0.4) is 0 Å². The number of imide groups is 1. The van der Waals surface area contributed by atoms with E-state index in [0.29, 0.717) is 22.4 Å². The first-order valence-electron chi connectivity index (χ1n) is 9.49. The Hall–Kier alpha value is -4.30. The zero-order chi connectivity index (χ0) is 22.2. The summed E-state index contributed by atoms with van der Waals surface area (Å²) >= 11 is 0. The molecule has 0 unspecified atom stereocenters. The molecule has 4 amide bonds. The highest BCUT2D eigenvalue weighted by molar-refractivity contribution is 6.10. The van der Waals surface area contributed by atoms with Crippen LogP contribution in [0.1, 0.15) is 32.6 Å². The summed E-state index contributed by atoms with van der Waals surface area (Å²) in [6, 6.07) is 11.8. The Morgan fingerprint density at radius 2 is 1.97 bits per heavy atom. The molecule has 2 aromatic rings. The van der Waals surface area contributed by atoms with Crippen LogP contribution in [0.15, 0.2) is 36.4 Å². The van der Waals surface area contributed by atoms with Crippen LogP contribution in [-0.2, 0) is 11.3 Å². The molecule has 1 atom stereocenters. The predicted molar refractivity (Wildman–Crippen MR) is 110 cm³/mol. The second kappa shape index (κ2) is 7.51. The third-order valence-corrected chi connectivity index (χ3v) is 5.27. The summed E-state index contributed by atoms with van der Waals surface area (Å²) in [5.41, 5.74) is 1.35. The fourth-order valence-corrected chi connectivity index (χ4v) is 3.64. The lowest BCUT2D eigenvalue weighted by atomic mass is 9.98. The molecule has 8 nitrogen and oxygen atoms in total. The standard InChI is InChI=1S/C23H18N4O4/c1-14-3-4-16(11-24)15(9-14)7-8-23(21(29)25-22(30)26-23)13-27-12-17-5-6-18(31-2)10-19(17)20(27)28/h3-6,9-10H,12-13H2,1-2H3,(H2,25,26,29,30)/t23-/m1/s1. The first-order chi connectivity index (χ1) is 14.8. The summed E-state index contributed by atoms with van der Waals surface area (Å²) in [4.78, 5) is 39.0. The Kier molecular flexibility index (Phi) is 4.84. The summed E-state index contributed by atoms with van der Waals surface area (Å²) in [7, 11) is 1.52. The molecule has 0 aromatic heterocycles. The molecule has 4 rings (SSSR count). The van der Waals surface area contributed by atoms with Crippen molar-refractivity contribution in [3.63, 3.8) is 0 Å². The van der Waals surface area contributed by atoms with Crippen LogP contribution in [0.25, 0.3) is 0 Å². The van der Waals surface area contributed by atoms with Crippen LogP contribution in [0.5, 0.6) is 5.75 Å². The average Bonchev–Trinajstić information content (AvgIpc) is 3.21. The molecule has 0 bridgehead atoms. The van der Waals surface area contributed by atoms with Gasteiger partial charge in [-0.1, -0.05) is 24.0 Å². The van der Waals surface area contributed by atoms with Gasteiger partial charge in [0, 0.05) is 17.7 Å². The van der Waals surface area contributed by atoms with Gasteiger partial charge in [-0.15, -0.1) is 0 Å². The minimum atomic E-state index is -1.63. The van der Waals surface area contributed by atoms with Gasteiger partial charge in [-0.05, 0) is 42.3 Å². The van der Waals surface area contributed by atoms with E-state index in [1.54, 1.807) is 36.4 Å². The highest BCUT2D eigenvalue weighted by Gasteiger charge is 2.48. The fourth-order valence-electron chi connectivity index (χ4n) is 3.64. The molecule has 0 radical (unpaired) electrons. The summed E-state index contributed by atoms with van der Waals surface area (Å²) in [6.45, 7) is 2.00. The van der Waals surface area contributed by atoms with Gasteiger partial charge in [0.25, 0.3) is 11.8 Å². The maximum absolute atomic E-state index is 12.9. The van der Waals surface area contributed by atoms with Crippen molar-refractivity contribution in [2.24, 2.45) is 0 Å². The number of nitrogens with one attached hydrogen (secondary N) is 2. The van der Waals surface area contributed by atoms with Crippen molar-refractivity contribution in [2.45, 2.75) is 19.0 Å². The maximum atomic E-state index is 12.9. The fraction of sp³-hybridized carbons (Fsp3) is 0.217. The van der Waals surface area contributed by atoms with Gasteiger partial charge in [-0.3, -0.25) is 14.9 Å². The van der Waals surface area contributed by atoms with Gasteiger partial charge in [-0.25, -0.2) is 4.79 Å². The second-order valence-electron chi connectivity index (χ2n) is 7.41. The molecule has 2 N–H and O–H groups in total. The quantitative estimate of drug-likeness (QED) is 0.584. The second-order valence-corrected chi connectivity index (χ2v) is 7.41. The Labute approximate surface area is 178 Å². The molecule has 31 heavy (non-hydrogen) atoms. The van der Waals surface area contributed by atoms with E-state index in [1.807, 2.05) is 6.92 Å². The molecule has 0 aliphatic carbocycles. The van der Waals surface area contributed by atoms with E-state index in [9.17, 15) is 19.6 Å². The van der Waals surface area contributed by atoms with Crippen molar-refractivity contribution >= 4 is 17.8 Å². The minimum Gasteiger partial charge on any atom is -0.497 e. The maximum Gasteiger partial charge on any atom is 0.323 e. The number of methoxy groups -OCH3 is 1. The highest BCUT2D eigenvalue weighted by atomic mass is 16.5. The third kappa shape index (κ3) is 3.56. The highest BCUT2D eigenvalue weighted by Crippen LogP contribution is 2.28. The van der Waals surface area contributed by atoms with Crippen LogP contribution in [0, 0.1) is 30.1 Å². The Morgan fingerprint density at radius 1 is 1.16 bits per heavy atom. The summed E-state index contributed by atoms with van der Waals surface area (Å²) in [5.74, 6) is 5.32. The number of nitrogens with zero attached hydrogens (tertiary/aromatic N) is 2. The zero-order valence-electron chi connectivity index (χ0n) is 16.9. The lowest BCUT2D eigenvalue weighted by Crippen LogP contribution is -2.54. The zero-order valence-corrected chi connectivity index (χ0v) is 16.9. The van der Waals surface area contributed by atoms with Crippen LogP contribution < -0.4 is 15.4 Å². The SMILES string of the molecule is COc1ccc2c(c1)C(=O)N(C[C@@]1(C#Cc3cc(C)ccc3C#N)NC(=O)NC1=O)C2. The average molecular weight is 414 g/mol. The number of benzene rings is 2. The van der Waals surface area contributed by atoms with Gasteiger partial charge >= 0.3 is 6.03 Å². The van der Waals surface area contributed by atoms with Crippen molar-refractivity contribution in [2.75, 3.05) is 13.7 Å². The number of carbonyl (C=O) groups is 3. The van der Waals surface area contributed by atoms with Gasteiger partial charge in [0.2, 0.25) is 5.54 Å². The van der Waals surface area contributed by atoms with Crippen molar-refractivity contribution in [3.05, 3.63) is 64.2 Å². The van der Waals surface area contributed by atoms with Crippen LogP contribution in [-0.4, -0.2) is 41.9 Å². The number of urea groups is 1. The predicted octanol–water partition coefficient (Wildman–Crippen LogP) is 1.46. The molecule has 154 valence electrons. The molecule has 1 saturated heterocycles. The van der Waals surface area contributed by atoms with E-state index in [0.717, 1.165) is 11.1 Å². The van der Waals surface area contributed by atoms with Gasteiger partial charge in [0.05, 0.1) is 19.2 Å². The van der Waals surface area contributed by atoms with Crippen LogP contribution in [0.2, 0.25) is 0 Å². The molecule has 2 aliphatic rings. The monoisotopic (exact) mass is 414 g/mol. The van der Waals surface area contributed by atoms with Gasteiger partial charge in [0.15, 0.2) is 0 Å². The smallest absolute Gasteiger partial charge is 0.323 e. The lowest BCUT2D eigenvalue weighted by Gasteiger charge is -2.26. The molecule has 2 heterocycles. The molecule has 2 aromatic carbocycles. The summed E-state index contributed by atoms with van der Waals surface area (Å²) in [5, 5.41) is 14.1. The topological polar surface area (TPSA) is 112 Å². The number of ether oxygens (including phenoxy) is 1. The molecule has 1 fully saturated rings. The van der Waals surface area contributed by atoms with E-state index < -0.39 is 17.5 Å². The largest absolute Gasteiger partial charge is 0.497 e. The van der Waals surface area contributed by atoms with E-state index in [2.05, 4.69) is 28.5 Å². The number of rotatable bonds is 3. The molecule has 2 aliphatic heterocycles. The third-order valence-electron chi connectivity index (χ3n) is 5.27. The van der Waals surface area contributed by atoms with Crippen LogP contribution in [0.4, 0.5) is 4.79 Å². The van der Waals surface area contributed by atoms with Crippen molar-refractivity contribution in [3.8, 4) is 23.7 Å².